The van der Waals surface area contributed by atoms with Gasteiger partial charge in [0, 0.05) is 6.42 Å². The lowest BCUT2D eigenvalue weighted by Crippen LogP contribution is -1.93. The van der Waals surface area contributed by atoms with Crippen LogP contribution >= 0.6 is 0 Å². The Hall–Kier alpha value is -1.05. The Bertz CT molecular complexity index is 209. The first kappa shape index (κ1) is 14.9. The summed E-state index contributed by atoms with van der Waals surface area (Å²) < 4.78 is 4.63. The molecule has 0 spiro atoms. The van der Waals surface area contributed by atoms with Crippen molar-refractivity contribution in [3.63, 3.8) is 0 Å². The molecule has 2 heteroatoms. The molecule has 92 valence electrons. The second-order valence-corrected chi connectivity index (χ2v) is 4.34. The van der Waals surface area contributed by atoms with Gasteiger partial charge in [-0.25, -0.2) is 0 Å². The fraction of sp³-hybridized carbons (Fsp3) is 0.643. The molecule has 0 aliphatic heterocycles. The van der Waals surface area contributed by atoms with Crippen LogP contribution in [0.2, 0.25) is 0 Å². The Kier molecular flexibility index (Phi) is 9.78. The molecule has 0 heterocycles. The average Bonchev–Trinajstić information content (AvgIpc) is 2.24. The molecule has 0 aliphatic carbocycles. The van der Waals surface area contributed by atoms with Gasteiger partial charge in [0.2, 0.25) is 0 Å². The SMILES string of the molecule is C=CC[C@H](C)CCCCCCC(=C)OC=O. The molecule has 16 heavy (non-hydrogen) atoms. The van der Waals surface area contributed by atoms with E-state index in [1.54, 1.807) is 0 Å². The summed E-state index contributed by atoms with van der Waals surface area (Å²) >= 11 is 0. The fourth-order valence-corrected chi connectivity index (χ4v) is 1.70. The van der Waals surface area contributed by atoms with E-state index in [0.29, 0.717) is 12.2 Å². The van der Waals surface area contributed by atoms with Gasteiger partial charge in [-0.05, 0) is 18.8 Å². The van der Waals surface area contributed by atoms with Crippen LogP contribution < -0.4 is 0 Å². The maximum absolute atomic E-state index is 10.00. The molecular formula is C14H24O2. The Morgan fingerprint density at radius 1 is 1.31 bits per heavy atom. The molecule has 0 aromatic heterocycles. The van der Waals surface area contributed by atoms with Gasteiger partial charge < -0.3 is 4.74 Å². The number of hydrogen-bond donors (Lipinski definition) is 0. The maximum Gasteiger partial charge on any atom is 0.298 e. The molecule has 2 nitrogen and oxygen atoms in total. The summed E-state index contributed by atoms with van der Waals surface area (Å²) in [7, 11) is 0. The van der Waals surface area contributed by atoms with Gasteiger partial charge in [0.1, 0.15) is 5.76 Å². The van der Waals surface area contributed by atoms with Gasteiger partial charge in [-0.15, -0.1) is 6.58 Å². The van der Waals surface area contributed by atoms with Crippen molar-refractivity contribution in [2.45, 2.75) is 51.9 Å². The van der Waals surface area contributed by atoms with E-state index in [1.807, 2.05) is 6.08 Å². The summed E-state index contributed by atoms with van der Waals surface area (Å²) in [5.74, 6) is 1.33. The van der Waals surface area contributed by atoms with Crippen LogP contribution in [0, 0.1) is 5.92 Å². The highest BCUT2D eigenvalue weighted by Crippen LogP contribution is 2.15. The second-order valence-electron chi connectivity index (χ2n) is 4.34. The predicted octanol–water partition coefficient (Wildman–Crippen LogP) is 4.23. The lowest BCUT2D eigenvalue weighted by atomic mass is 9.99. The van der Waals surface area contributed by atoms with E-state index in [9.17, 15) is 4.79 Å². The topological polar surface area (TPSA) is 26.3 Å². The van der Waals surface area contributed by atoms with E-state index in [0.717, 1.165) is 25.2 Å². The van der Waals surface area contributed by atoms with Crippen LogP contribution in [0.5, 0.6) is 0 Å². The molecule has 0 amide bonds. The minimum Gasteiger partial charge on any atom is -0.434 e. The zero-order valence-electron chi connectivity index (χ0n) is 10.4. The van der Waals surface area contributed by atoms with Crippen molar-refractivity contribution < 1.29 is 9.53 Å². The lowest BCUT2D eigenvalue weighted by molar-refractivity contribution is -0.125. The van der Waals surface area contributed by atoms with Gasteiger partial charge in [0.25, 0.3) is 6.47 Å². The summed E-state index contributed by atoms with van der Waals surface area (Å²) in [6, 6.07) is 0. The number of allylic oxidation sites excluding steroid dienone is 2. The highest BCUT2D eigenvalue weighted by molar-refractivity contribution is 5.39. The van der Waals surface area contributed by atoms with Crippen LogP contribution in [0.4, 0.5) is 0 Å². The van der Waals surface area contributed by atoms with Crippen molar-refractivity contribution in [2.24, 2.45) is 5.92 Å². The highest BCUT2D eigenvalue weighted by Gasteiger charge is 1.99. The van der Waals surface area contributed by atoms with E-state index in [-0.39, 0.29) is 0 Å². The maximum atomic E-state index is 10.00. The molecule has 0 saturated carbocycles. The van der Waals surface area contributed by atoms with Gasteiger partial charge >= 0.3 is 0 Å². The van der Waals surface area contributed by atoms with Gasteiger partial charge in [-0.3, -0.25) is 4.79 Å². The Morgan fingerprint density at radius 2 is 2.00 bits per heavy atom. The van der Waals surface area contributed by atoms with Gasteiger partial charge in [0.15, 0.2) is 0 Å². The van der Waals surface area contributed by atoms with E-state index in [4.69, 9.17) is 0 Å². The van der Waals surface area contributed by atoms with Crippen LogP contribution in [0.25, 0.3) is 0 Å². The number of rotatable bonds is 11. The molecule has 0 N–H and O–H groups in total. The van der Waals surface area contributed by atoms with E-state index < -0.39 is 0 Å². The largest absolute Gasteiger partial charge is 0.434 e. The number of carbonyl (C=O) groups excluding carboxylic acids is 1. The van der Waals surface area contributed by atoms with Crippen LogP contribution in [0.1, 0.15) is 51.9 Å². The third-order valence-corrected chi connectivity index (χ3v) is 2.69. The average molecular weight is 224 g/mol. The highest BCUT2D eigenvalue weighted by atomic mass is 16.5. The number of hydrogen-bond acceptors (Lipinski definition) is 2. The summed E-state index contributed by atoms with van der Waals surface area (Å²) in [5, 5.41) is 0. The summed E-state index contributed by atoms with van der Waals surface area (Å²) in [6.45, 7) is 10.1. The number of unbranched alkanes of at least 4 members (excludes halogenated alkanes) is 3. The van der Waals surface area contributed by atoms with Crippen molar-refractivity contribution in [1.29, 1.82) is 0 Å². The number of carbonyl (C=O) groups is 1. The molecule has 0 rings (SSSR count). The van der Waals surface area contributed by atoms with Crippen LogP contribution in [-0.4, -0.2) is 6.47 Å². The minimum absolute atomic E-state index is 0.444. The Labute approximate surface area is 99.4 Å². The lowest BCUT2D eigenvalue weighted by Gasteiger charge is -2.08. The molecule has 0 radical (unpaired) electrons. The second kappa shape index (κ2) is 10.5. The quantitative estimate of drug-likeness (QED) is 0.227. The normalized spacial score (nSPS) is 11.8. The van der Waals surface area contributed by atoms with Crippen molar-refractivity contribution in [3.8, 4) is 0 Å². The first-order valence-corrected chi connectivity index (χ1v) is 6.09. The van der Waals surface area contributed by atoms with Crippen molar-refractivity contribution in [3.05, 3.63) is 25.0 Å². The zero-order chi connectivity index (χ0) is 12.2. The van der Waals surface area contributed by atoms with E-state index in [2.05, 4.69) is 24.8 Å². The molecule has 0 aromatic rings. The van der Waals surface area contributed by atoms with Crippen LogP contribution in [0.15, 0.2) is 25.0 Å². The minimum atomic E-state index is 0.444. The van der Waals surface area contributed by atoms with Gasteiger partial charge in [0.05, 0.1) is 0 Å². The Balaban J connectivity index is 3.23. The predicted molar refractivity (Wildman–Crippen MR) is 68.0 cm³/mol. The smallest absolute Gasteiger partial charge is 0.298 e. The van der Waals surface area contributed by atoms with Crippen molar-refractivity contribution in [2.75, 3.05) is 0 Å². The first-order chi connectivity index (χ1) is 7.70. The third-order valence-electron chi connectivity index (χ3n) is 2.69. The van der Waals surface area contributed by atoms with Crippen molar-refractivity contribution in [1.82, 2.24) is 0 Å². The van der Waals surface area contributed by atoms with Crippen molar-refractivity contribution >= 4 is 6.47 Å². The summed E-state index contributed by atoms with van der Waals surface area (Å²) in [5.41, 5.74) is 0. The summed E-state index contributed by atoms with van der Waals surface area (Å²) in [4.78, 5) is 10.00. The molecule has 0 aliphatic rings. The molecular weight excluding hydrogens is 200 g/mol. The molecule has 0 bridgehead atoms. The summed E-state index contributed by atoms with van der Waals surface area (Å²) in [6.07, 6.45) is 9.94. The van der Waals surface area contributed by atoms with Gasteiger partial charge in [-0.1, -0.05) is 45.3 Å². The van der Waals surface area contributed by atoms with Gasteiger partial charge in [-0.2, -0.15) is 0 Å². The molecule has 0 saturated heterocycles. The van der Waals surface area contributed by atoms with E-state index in [1.165, 1.54) is 25.7 Å². The molecule has 0 unspecified atom stereocenters. The first-order valence-electron chi connectivity index (χ1n) is 6.09. The standard InChI is InChI=1S/C14H24O2/c1-4-9-13(2)10-7-5-6-8-11-14(3)16-12-15/h4,12-13H,1,3,5-11H2,2H3/t13-/m0/s1. The monoisotopic (exact) mass is 224 g/mol. The fourth-order valence-electron chi connectivity index (χ4n) is 1.70. The van der Waals surface area contributed by atoms with E-state index >= 15 is 0 Å². The molecule has 1 atom stereocenters. The van der Waals surface area contributed by atoms with Crippen LogP contribution in [0.3, 0.4) is 0 Å². The third kappa shape index (κ3) is 9.50. The number of ether oxygens (including phenoxy) is 1. The molecule has 0 fully saturated rings. The molecule has 0 aromatic carbocycles. The zero-order valence-corrected chi connectivity index (χ0v) is 10.4. The van der Waals surface area contributed by atoms with Crippen LogP contribution in [-0.2, 0) is 9.53 Å². The Morgan fingerprint density at radius 3 is 2.62 bits per heavy atom.